The van der Waals surface area contributed by atoms with E-state index >= 15 is 0 Å². The fourth-order valence-electron chi connectivity index (χ4n) is 1.46. The highest BCUT2D eigenvalue weighted by Gasteiger charge is 2.23. The molecule has 5 nitrogen and oxygen atoms in total. The molecule has 1 amide bonds. The van der Waals surface area contributed by atoms with Gasteiger partial charge in [0.25, 0.3) is 0 Å². The first-order chi connectivity index (χ1) is 9.00. The number of aliphatic carboxylic acids is 1. The van der Waals surface area contributed by atoms with Gasteiger partial charge in [-0.25, -0.2) is 4.79 Å². The van der Waals surface area contributed by atoms with Crippen LogP contribution in [-0.4, -0.2) is 33.8 Å². The summed E-state index contributed by atoms with van der Waals surface area (Å²) in [5, 5.41) is 11.5. The van der Waals surface area contributed by atoms with Crippen molar-refractivity contribution in [3.63, 3.8) is 0 Å². The summed E-state index contributed by atoms with van der Waals surface area (Å²) in [7, 11) is 0. The molecule has 2 N–H and O–H groups in total. The number of carboxylic acid groups (broad SMARTS) is 1. The third-order valence-corrected chi connectivity index (χ3v) is 3.42. The van der Waals surface area contributed by atoms with Gasteiger partial charge in [-0.3, -0.25) is 9.78 Å². The van der Waals surface area contributed by atoms with Crippen molar-refractivity contribution in [2.75, 3.05) is 5.75 Å². The maximum absolute atomic E-state index is 11.6. The fourth-order valence-corrected chi connectivity index (χ4v) is 2.21. The molecule has 0 radical (unpaired) electrons. The van der Waals surface area contributed by atoms with Gasteiger partial charge in [0.2, 0.25) is 5.91 Å². The second-order valence-electron chi connectivity index (χ2n) is 4.44. The summed E-state index contributed by atoms with van der Waals surface area (Å²) < 4.78 is 0. The molecule has 0 saturated carbocycles. The Kier molecular flexibility index (Phi) is 6.35. The van der Waals surface area contributed by atoms with E-state index in [1.165, 1.54) is 11.8 Å². The first kappa shape index (κ1) is 15.5. The molecule has 104 valence electrons. The van der Waals surface area contributed by atoms with Gasteiger partial charge in [-0.1, -0.05) is 19.9 Å². The Morgan fingerprint density at radius 3 is 2.68 bits per heavy atom. The van der Waals surface area contributed by atoms with Crippen LogP contribution < -0.4 is 5.32 Å². The number of aromatic nitrogens is 1. The smallest absolute Gasteiger partial charge is 0.326 e. The van der Waals surface area contributed by atoms with E-state index in [-0.39, 0.29) is 17.6 Å². The number of hydrogen-bond acceptors (Lipinski definition) is 4. The minimum atomic E-state index is -1.00. The molecule has 1 heterocycles. The van der Waals surface area contributed by atoms with Crippen LogP contribution in [0.2, 0.25) is 0 Å². The van der Waals surface area contributed by atoms with Crippen molar-refractivity contribution >= 4 is 23.6 Å². The average Bonchev–Trinajstić information content (AvgIpc) is 2.36. The van der Waals surface area contributed by atoms with Crippen LogP contribution in [0.4, 0.5) is 0 Å². The monoisotopic (exact) mass is 282 g/mol. The Bertz CT molecular complexity index is 423. The minimum Gasteiger partial charge on any atom is -0.480 e. The molecule has 19 heavy (non-hydrogen) atoms. The number of carboxylic acids is 1. The van der Waals surface area contributed by atoms with Gasteiger partial charge >= 0.3 is 5.97 Å². The summed E-state index contributed by atoms with van der Waals surface area (Å²) in [6.07, 6.45) is 1.70. The molecule has 1 aromatic heterocycles. The number of rotatable bonds is 7. The molecular formula is C13H18N2O3S. The molecule has 1 rings (SSSR count). The zero-order valence-electron chi connectivity index (χ0n) is 11.0. The van der Waals surface area contributed by atoms with E-state index in [0.717, 1.165) is 5.69 Å². The second kappa shape index (κ2) is 7.78. The van der Waals surface area contributed by atoms with E-state index in [4.69, 9.17) is 5.11 Å². The van der Waals surface area contributed by atoms with Gasteiger partial charge in [0, 0.05) is 11.9 Å². The Morgan fingerprint density at radius 2 is 2.16 bits per heavy atom. The van der Waals surface area contributed by atoms with Crippen LogP contribution >= 0.6 is 11.8 Å². The molecule has 0 aliphatic carbocycles. The van der Waals surface area contributed by atoms with Gasteiger partial charge in [-0.2, -0.15) is 0 Å². The van der Waals surface area contributed by atoms with E-state index in [1.54, 1.807) is 20.0 Å². The van der Waals surface area contributed by atoms with E-state index in [0.29, 0.717) is 5.75 Å². The number of amides is 1. The van der Waals surface area contributed by atoms with Gasteiger partial charge in [-0.15, -0.1) is 11.8 Å². The van der Waals surface area contributed by atoms with Gasteiger partial charge in [0.15, 0.2) is 0 Å². The largest absolute Gasteiger partial charge is 0.480 e. The highest BCUT2D eigenvalue weighted by atomic mass is 32.2. The zero-order chi connectivity index (χ0) is 14.3. The first-order valence-corrected chi connectivity index (χ1v) is 7.16. The Hall–Kier alpha value is -1.56. The maximum Gasteiger partial charge on any atom is 0.326 e. The number of nitrogens with zero attached hydrogens (tertiary/aromatic N) is 1. The molecule has 0 aliphatic rings. The molecule has 0 aliphatic heterocycles. The zero-order valence-corrected chi connectivity index (χ0v) is 11.8. The summed E-state index contributed by atoms with van der Waals surface area (Å²) in [4.78, 5) is 26.7. The van der Waals surface area contributed by atoms with Crippen molar-refractivity contribution in [2.45, 2.75) is 25.6 Å². The van der Waals surface area contributed by atoms with Crippen LogP contribution in [0.3, 0.4) is 0 Å². The number of nitrogens with one attached hydrogen (secondary N) is 1. The number of hydrogen-bond donors (Lipinski definition) is 2. The lowest BCUT2D eigenvalue weighted by Crippen LogP contribution is -2.45. The third-order valence-electron chi connectivity index (χ3n) is 2.46. The van der Waals surface area contributed by atoms with Gasteiger partial charge in [0.05, 0.1) is 11.4 Å². The first-order valence-electron chi connectivity index (χ1n) is 6.00. The molecule has 0 saturated heterocycles. The van der Waals surface area contributed by atoms with Gasteiger partial charge in [-0.05, 0) is 18.1 Å². The molecule has 0 spiro atoms. The summed E-state index contributed by atoms with van der Waals surface area (Å²) in [6, 6.07) is 4.78. The maximum atomic E-state index is 11.6. The molecule has 0 aromatic carbocycles. The fraction of sp³-hybridized carbons (Fsp3) is 0.462. The van der Waals surface area contributed by atoms with Crippen LogP contribution in [0.25, 0.3) is 0 Å². The quantitative estimate of drug-likeness (QED) is 0.793. The predicted octanol–water partition coefficient (Wildman–Crippen LogP) is 1.54. The van der Waals surface area contributed by atoms with Crippen LogP contribution in [0.15, 0.2) is 24.4 Å². The number of carbonyl (C=O) groups is 2. The van der Waals surface area contributed by atoms with E-state index < -0.39 is 12.0 Å². The number of thioether (sulfide) groups is 1. The van der Waals surface area contributed by atoms with Crippen LogP contribution in [0, 0.1) is 5.92 Å². The van der Waals surface area contributed by atoms with Crippen LogP contribution in [0.1, 0.15) is 19.5 Å². The molecule has 0 fully saturated rings. The van der Waals surface area contributed by atoms with Gasteiger partial charge < -0.3 is 10.4 Å². The predicted molar refractivity (Wildman–Crippen MR) is 74.8 cm³/mol. The highest BCUT2D eigenvalue weighted by molar-refractivity contribution is 7.99. The summed E-state index contributed by atoms with van der Waals surface area (Å²) >= 11 is 1.41. The standard InChI is InChI=1S/C13H18N2O3S/c1-9(2)12(13(17)18)15-11(16)8-19-7-10-5-3-4-6-14-10/h3-6,9,12H,7-8H2,1-2H3,(H,15,16)(H,17,18)/t12-/m1/s1. The lowest BCUT2D eigenvalue weighted by atomic mass is 10.1. The molecule has 1 atom stereocenters. The van der Waals surface area contributed by atoms with Crippen molar-refractivity contribution in [3.05, 3.63) is 30.1 Å². The van der Waals surface area contributed by atoms with Crippen molar-refractivity contribution in [1.29, 1.82) is 0 Å². The van der Waals surface area contributed by atoms with Crippen molar-refractivity contribution < 1.29 is 14.7 Å². The molecule has 6 heteroatoms. The molecule has 0 bridgehead atoms. The van der Waals surface area contributed by atoms with Crippen molar-refractivity contribution in [2.24, 2.45) is 5.92 Å². The number of carbonyl (C=O) groups excluding carboxylic acids is 1. The summed E-state index contributed by atoms with van der Waals surface area (Å²) in [6.45, 7) is 3.53. The topological polar surface area (TPSA) is 79.3 Å². The lowest BCUT2D eigenvalue weighted by molar-refractivity contribution is -0.142. The second-order valence-corrected chi connectivity index (χ2v) is 5.43. The van der Waals surface area contributed by atoms with E-state index in [1.807, 2.05) is 18.2 Å². The lowest BCUT2D eigenvalue weighted by Gasteiger charge is -2.17. The number of pyridine rings is 1. The third kappa shape index (κ3) is 5.74. The highest BCUT2D eigenvalue weighted by Crippen LogP contribution is 2.09. The Balaban J connectivity index is 2.33. The Morgan fingerprint density at radius 1 is 1.42 bits per heavy atom. The SMILES string of the molecule is CC(C)[C@@H](NC(=O)CSCc1ccccn1)C(=O)O. The minimum absolute atomic E-state index is 0.137. The van der Waals surface area contributed by atoms with Crippen molar-refractivity contribution in [3.8, 4) is 0 Å². The molecular weight excluding hydrogens is 264 g/mol. The summed E-state index contributed by atoms with van der Waals surface area (Å²) in [5.74, 6) is -0.539. The molecule has 1 aromatic rings. The van der Waals surface area contributed by atoms with Crippen molar-refractivity contribution in [1.82, 2.24) is 10.3 Å². The van der Waals surface area contributed by atoms with Gasteiger partial charge in [0.1, 0.15) is 6.04 Å². The summed E-state index contributed by atoms with van der Waals surface area (Å²) in [5.41, 5.74) is 0.902. The normalized spacial score (nSPS) is 12.2. The van der Waals surface area contributed by atoms with Crippen LogP contribution in [-0.2, 0) is 15.3 Å². The average molecular weight is 282 g/mol. The van der Waals surface area contributed by atoms with E-state index in [9.17, 15) is 9.59 Å². The van der Waals surface area contributed by atoms with E-state index in [2.05, 4.69) is 10.3 Å². The molecule has 0 unspecified atom stereocenters. The van der Waals surface area contributed by atoms with Crippen LogP contribution in [0.5, 0.6) is 0 Å². The Labute approximate surface area is 116 Å².